The van der Waals surface area contributed by atoms with Crippen LogP contribution in [0.5, 0.6) is 5.75 Å². The van der Waals surface area contributed by atoms with Gasteiger partial charge in [0.15, 0.2) is 6.61 Å². The van der Waals surface area contributed by atoms with E-state index in [1.165, 1.54) is 18.2 Å². The lowest BCUT2D eigenvalue weighted by molar-refractivity contribution is -0.121. The summed E-state index contributed by atoms with van der Waals surface area (Å²) >= 11 is 0. The van der Waals surface area contributed by atoms with Crippen molar-refractivity contribution < 1.29 is 18.7 Å². The van der Waals surface area contributed by atoms with Crippen LogP contribution < -0.4 is 15.0 Å². The number of rotatable bonds is 5. The molecule has 1 heterocycles. The molecule has 0 saturated heterocycles. The summed E-state index contributed by atoms with van der Waals surface area (Å²) in [5.74, 6) is -0.139. The third kappa shape index (κ3) is 4.08. The minimum absolute atomic E-state index is 0.00509. The number of amides is 2. The standard InChI is InChI=1S/C20H19FN2O3/c1-2-11-23-17-9-8-16(12-18(17)26-13-20(23)25)22-19(24)10-5-14-3-6-15(21)7-4-14/h3-10,12H,2,11,13H2,1H3,(H,22,24)/b10-5+. The molecule has 0 saturated carbocycles. The maximum Gasteiger partial charge on any atom is 0.265 e. The van der Waals surface area contributed by atoms with Gasteiger partial charge in [-0.1, -0.05) is 19.1 Å². The van der Waals surface area contributed by atoms with E-state index in [1.54, 1.807) is 41.3 Å². The van der Waals surface area contributed by atoms with Crippen LogP contribution in [0.2, 0.25) is 0 Å². The van der Waals surface area contributed by atoms with Crippen LogP contribution in [-0.4, -0.2) is 25.0 Å². The zero-order chi connectivity index (χ0) is 18.5. The molecular weight excluding hydrogens is 335 g/mol. The van der Waals surface area contributed by atoms with Gasteiger partial charge < -0.3 is 15.0 Å². The molecule has 1 N–H and O–H groups in total. The fourth-order valence-corrected chi connectivity index (χ4v) is 2.68. The average molecular weight is 354 g/mol. The number of carbonyl (C=O) groups is 2. The van der Waals surface area contributed by atoms with Crippen LogP contribution in [0.3, 0.4) is 0 Å². The van der Waals surface area contributed by atoms with E-state index in [1.807, 2.05) is 6.92 Å². The van der Waals surface area contributed by atoms with Gasteiger partial charge in [-0.3, -0.25) is 9.59 Å². The Morgan fingerprint density at radius 1 is 1.27 bits per heavy atom. The van der Waals surface area contributed by atoms with E-state index in [4.69, 9.17) is 4.74 Å². The van der Waals surface area contributed by atoms with Crippen LogP contribution in [0.25, 0.3) is 6.08 Å². The molecule has 0 unspecified atom stereocenters. The summed E-state index contributed by atoms with van der Waals surface area (Å²) in [7, 11) is 0. The van der Waals surface area contributed by atoms with Crippen molar-refractivity contribution in [1.29, 1.82) is 0 Å². The number of nitrogens with one attached hydrogen (secondary N) is 1. The molecule has 1 aliphatic rings. The first-order valence-corrected chi connectivity index (χ1v) is 8.38. The van der Waals surface area contributed by atoms with Crippen LogP contribution in [0.4, 0.5) is 15.8 Å². The molecule has 0 aromatic heterocycles. The normalized spacial score (nSPS) is 13.5. The SMILES string of the molecule is CCCN1C(=O)COc2cc(NC(=O)/C=C/c3ccc(F)cc3)ccc21. The number of benzene rings is 2. The molecule has 6 heteroatoms. The van der Waals surface area contributed by atoms with Crippen molar-refractivity contribution in [3.05, 3.63) is 59.9 Å². The maximum atomic E-state index is 12.9. The van der Waals surface area contributed by atoms with E-state index < -0.39 is 0 Å². The summed E-state index contributed by atoms with van der Waals surface area (Å²) in [4.78, 5) is 25.7. The van der Waals surface area contributed by atoms with Crippen LogP contribution in [-0.2, 0) is 9.59 Å². The largest absolute Gasteiger partial charge is 0.481 e. The molecule has 0 spiro atoms. The summed E-state index contributed by atoms with van der Waals surface area (Å²) in [5, 5.41) is 2.75. The molecule has 2 aromatic carbocycles. The molecule has 0 fully saturated rings. The summed E-state index contributed by atoms with van der Waals surface area (Å²) in [6, 6.07) is 11.0. The van der Waals surface area contributed by atoms with Crippen molar-refractivity contribution >= 4 is 29.3 Å². The predicted octanol–water partition coefficient (Wildman–Crippen LogP) is 3.61. The van der Waals surface area contributed by atoms with Gasteiger partial charge in [0.05, 0.1) is 5.69 Å². The van der Waals surface area contributed by atoms with E-state index in [0.29, 0.717) is 23.7 Å². The monoisotopic (exact) mass is 354 g/mol. The molecule has 5 nitrogen and oxygen atoms in total. The number of fused-ring (bicyclic) bond motifs is 1. The van der Waals surface area contributed by atoms with E-state index in [0.717, 1.165) is 12.0 Å². The van der Waals surface area contributed by atoms with Gasteiger partial charge in [-0.05, 0) is 42.3 Å². The highest BCUT2D eigenvalue weighted by molar-refractivity contribution is 6.03. The van der Waals surface area contributed by atoms with E-state index in [2.05, 4.69) is 5.32 Å². The van der Waals surface area contributed by atoms with Crippen LogP contribution in [0.15, 0.2) is 48.5 Å². The molecular formula is C20H19FN2O3. The summed E-state index contributed by atoms with van der Waals surface area (Å²) in [5.41, 5.74) is 2.01. The van der Waals surface area contributed by atoms with Gasteiger partial charge in [-0.2, -0.15) is 0 Å². The minimum atomic E-state index is -0.323. The number of anilines is 2. The van der Waals surface area contributed by atoms with Crippen molar-refractivity contribution in [3.63, 3.8) is 0 Å². The van der Waals surface area contributed by atoms with Crippen molar-refractivity contribution in [2.24, 2.45) is 0 Å². The number of halogens is 1. The van der Waals surface area contributed by atoms with E-state index in [9.17, 15) is 14.0 Å². The number of hydrogen-bond acceptors (Lipinski definition) is 3. The van der Waals surface area contributed by atoms with Crippen LogP contribution in [0.1, 0.15) is 18.9 Å². The third-order valence-corrected chi connectivity index (χ3v) is 3.91. The van der Waals surface area contributed by atoms with Gasteiger partial charge in [0, 0.05) is 24.4 Å². The average Bonchev–Trinajstić information content (AvgIpc) is 2.64. The topological polar surface area (TPSA) is 58.6 Å². The maximum absolute atomic E-state index is 12.9. The number of ether oxygens (including phenoxy) is 1. The second-order valence-corrected chi connectivity index (χ2v) is 5.89. The first-order valence-electron chi connectivity index (χ1n) is 8.38. The first kappa shape index (κ1) is 17.7. The van der Waals surface area contributed by atoms with Crippen molar-refractivity contribution in [3.8, 4) is 5.75 Å². The first-order chi connectivity index (χ1) is 12.6. The molecule has 2 amide bonds. The lowest BCUT2D eigenvalue weighted by Gasteiger charge is -2.29. The predicted molar refractivity (Wildman–Crippen MR) is 98.6 cm³/mol. The van der Waals surface area contributed by atoms with Gasteiger partial charge in [0.2, 0.25) is 5.91 Å². The fourth-order valence-electron chi connectivity index (χ4n) is 2.68. The highest BCUT2D eigenvalue weighted by Crippen LogP contribution is 2.34. The molecule has 0 atom stereocenters. The number of nitrogens with zero attached hydrogens (tertiary/aromatic N) is 1. The Kier molecular flexibility index (Phi) is 5.31. The summed E-state index contributed by atoms with van der Waals surface area (Å²) in [6.07, 6.45) is 3.82. The molecule has 3 rings (SSSR count). The lowest BCUT2D eigenvalue weighted by atomic mass is 10.2. The smallest absolute Gasteiger partial charge is 0.265 e. The Balaban J connectivity index is 1.69. The molecule has 0 bridgehead atoms. The molecule has 0 aliphatic carbocycles. The van der Waals surface area contributed by atoms with Gasteiger partial charge in [-0.25, -0.2) is 4.39 Å². The molecule has 0 radical (unpaired) electrons. The Morgan fingerprint density at radius 2 is 2.04 bits per heavy atom. The van der Waals surface area contributed by atoms with E-state index >= 15 is 0 Å². The summed E-state index contributed by atoms with van der Waals surface area (Å²) < 4.78 is 18.4. The molecule has 134 valence electrons. The van der Waals surface area contributed by atoms with Gasteiger partial charge in [-0.15, -0.1) is 0 Å². The van der Waals surface area contributed by atoms with E-state index in [-0.39, 0.29) is 24.2 Å². The second kappa shape index (κ2) is 7.82. The zero-order valence-corrected chi connectivity index (χ0v) is 14.4. The number of hydrogen-bond donors (Lipinski definition) is 1. The van der Waals surface area contributed by atoms with Crippen molar-refractivity contribution in [2.45, 2.75) is 13.3 Å². The van der Waals surface area contributed by atoms with Gasteiger partial charge in [0.1, 0.15) is 11.6 Å². The Morgan fingerprint density at radius 3 is 2.77 bits per heavy atom. The van der Waals surface area contributed by atoms with Gasteiger partial charge >= 0.3 is 0 Å². The summed E-state index contributed by atoms with van der Waals surface area (Å²) in [6.45, 7) is 2.63. The lowest BCUT2D eigenvalue weighted by Crippen LogP contribution is -2.39. The molecule has 2 aromatic rings. The molecule has 26 heavy (non-hydrogen) atoms. The number of carbonyl (C=O) groups excluding carboxylic acids is 2. The van der Waals surface area contributed by atoms with Crippen molar-refractivity contribution in [1.82, 2.24) is 0 Å². The third-order valence-electron chi connectivity index (χ3n) is 3.91. The fraction of sp³-hybridized carbons (Fsp3) is 0.200. The minimum Gasteiger partial charge on any atom is -0.481 e. The second-order valence-electron chi connectivity index (χ2n) is 5.89. The van der Waals surface area contributed by atoms with Crippen LogP contribution in [0, 0.1) is 5.82 Å². The van der Waals surface area contributed by atoms with Crippen LogP contribution >= 0.6 is 0 Å². The zero-order valence-electron chi connectivity index (χ0n) is 14.4. The Bertz CT molecular complexity index is 847. The Labute approximate surface area is 151 Å². The highest BCUT2D eigenvalue weighted by Gasteiger charge is 2.24. The molecule has 1 aliphatic heterocycles. The van der Waals surface area contributed by atoms with Gasteiger partial charge in [0.25, 0.3) is 5.91 Å². The quantitative estimate of drug-likeness (QED) is 0.835. The van der Waals surface area contributed by atoms with Crippen molar-refractivity contribution in [2.75, 3.05) is 23.4 Å². The Hall–Kier alpha value is -3.15. The highest BCUT2D eigenvalue weighted by atomic mass is 19.1.